The van der Waals surface area contributed by atoms with Crippen LogP contribution in [-0.2, 0) is 23.8 Å². The highest BCUT2D eigenvalue weighted by Gasteiger charge is 2.59. The number of nitrogens with two attached hydrogens (primary N) is 2. The summed E-state index contributed by atoms with van der Waals surface area (Å²) in [6.07, 6.45) is 4.91. The van der Waals surface area contributed by atoms with Crippen molar-refractivity contribution in [1.29, 1.82) is 0 Å². The van der Waals surface area contributed by atoms with Gasteiger partial charge in [0.1, 0.15) is 42.1 Å². The molecule has 11 nitrogen and oxygen atoms in total. The zero-order valence-corrected chi connectivity index (χ0v) is 26.7. The lowest BCUT2D eigenvalue weighted by atomic mass is 9.55. The van der Waals surface area contributed by atoms with E-state index in [1.807, 2.05) is 0 Å². The van der Waals surface area contributed by atoms with Crippen molar-refractivity contribution in [3.63, 3.8) is 0 Å². The molecule has 2 saturated heterocycles. The molecule has 2 aliphatic heterocycles. The minimum Gasteiger partial charge on any atom is -0.394 e. The highest BCUT2D eigenvalue weighted by Crippen LogP contribution is 2.50. The van der Waals surface area contributed by atoms with Crippen LogP contribution in [0.25, 0.3) is 0 Å². The molecule has 4 saturated carbocycles. The SMILES string of the molecule is NC1CC(CCO[C@@H]2[C@H](OC3C(CC4CCCCC4)CC4C(=O)C5CCCCC5C(=O)C4C3O)O[C@@H](CO)[C@H](O)[C@H]2O)CC[NH2+]1. The van der Waals surface area contributed by atoms with E-state index in [4.69, 9.17) is 19.9 Å². The van der Waals surface area contributed by atoms with Gasteiger partial charge in [-0.05, 0) is 56.3 Å². The predicted octanol–water partition coefficient (Wildman–Crippen LogP) is 0.386. The lowest BCUT2D eigenvalue weighted by Gasteiger charge is -2.52. The lowest BCUT2D eigenvalue weighted by molar-refractivity contribution is -0.699. The third-order valence-corrected chi connectivity index (χ3v) is 12.3. The van der Waals surface area contributed by atoms with E-state index >= 15 is 0 Å². The third kappa shape index (κ3) is 7.22. The number of Topliss-reactive ketones (excluding diaryl/α,β-unsaturated/α-hetero) is 2. The number of carbonyl (C=O) groups is 2. The number of ether oxygens (including phenoxy) is 3. The molecule has 0 radical (unpaired) electrons. The van der Waals surface area contributed by atoms with E-state index in [1.165, 1.54) is 6.42 Å². The maximum absolute atomic E-state index is 13.9. The number of fused-ring (bicyclic) bond motifs is 2. The van der Waals surface area contributed by atoms with Gasteiger partial charge in [-0.25, -0.2) is 0 Å². The van der Waals surface area contributed by atoms with E-state index in [-0.39, 0.29) is 35.5 Å². The monoisotopic (exact) mass is 637 g/mol. The van der Waals surface area contributed by atoms with E-state index in [9.17, 15) is 30.0 Å². The standard InChI is InChI=1S/C34H56N2O9/c35-25-15-19(10-12-36-25)11-13-43-33-31(42)29(40)24(17-37)44-34(33)45-32-20(14-18-6-2-1-3-7-18)16-23-26(30(32)41)28(39)22-9-5-4-8-21(22)27(23)38/h18-26,29-34,36-37,40-42H,1-17,35H2/p+1/t19?,20?,21?,22?,23?,24-,25?,26?,29-,30?,31+,32?,33-,34-/m0/s1. The van der Waals surface area contributed by atoms with E-state index in [0.29, 0.717) is 31.3 Å². The van der Waals surface area contributed by atoms with Gasteiger partial charge in [-0.1, -0.05) is 44.9 Å². The number of hydrogen-bond acceptors (Lipinski definition) is 10. The molecule has 4 aliphatic carbocycles. The number of aliphatic hydroxyl groups is 4. The molecule has 0 amide bonds. The zero-order valence-electron chi connectivity index (χ0n) is 26.7. The number of piperidine rings is 1. The van der Waals surface area contributed by atoms with Crippen LogP contribution in [0.2, 0.25) is 0 Å². The van der Waals surface area contributed by atoms with Crippen molar-refractivity contribution in [2.24, 2.45) is 47.2 Å². The average molecular weight is 638 g/mol. The fourth-order valence-corrected chi connectivity index (χ4v) is 9.87. The van der Waals surface area contributed by atoms with E-state index in [0.717, 1.165) is 77.2 Å². The van der Waals surface area contributed by atoms with Crippen molar-refractivity contribution in [2.75, 3.05) is 19.8 Å². The molecule has 6 rings (SSSR count). The maximum Gasteiger partial charge on any atom is 0.187 e. The summed E-state index contributed by atoms with van der Waals surface area (Å²) in [5, 5.41) is 46.0. The normalized spacial score (nSPS) is 46.4. The fraction of sp³-hybridized carbons (Fsp3) is 0.941. The zero-order chi connectivity index (χ0) is 31.7. The van der Waals surface area contributed by atoms with Gasteiger partial charge in [0.15, 0.2) is 6.29 Å². The average Bonchev–Trinajstić information content (AvgIpc) is 3.04. The molecule has 0 spiro atoms. The first-order chi connectivity index (χ1) is 21.8. The Morgan fingerprint density at radius 3 is 2.22 bits per heavy atom. The Kier molecular flexibility index (Phi) is 11.3. The van der Waals surface area contributed by atoms with Crippen LogP contribution in [-0.4, -0.2) is 101 Å². The van der Waals surface area contributed by atoms with Gasteiger partial charge in [-0.2, -0.15) is 0 Å². The molecule has 14 atom stereocenters. The van der Waals surface area contributed by atoms with E-state index in [2.05, 4.69) is 5.32 Å². The van der Waals surface area contributed by atoms with Gasteiger partial charge in [0, 0.05) is 30.8 Å². The summed E-state index contributed by atoms with van der Waals surface area (Å²) in [5.41, 5.74) is 6.13. The van der Waals surface area contributed by atoms with E-state index in [1.54, 1.807) is 0 Å². The second-order valence-corrected chi connectivity index (χ2v) is 15.2. The lowest BCUT2D eigenvalue weighted by Crippen LogP contribution is -2.94. The van der Waals surface area contributed by atoms with Crippen molar-refractivity contribution in [3.05, 3.63) is 0 Å². The number of ketones is 2. The highest BCUT2D eigenvalue weighted by molar-refractivity contribution is 6.00. The molecule has 0 bridgehead atoms. The summed E-state index contributed by atoms with van der Waals surface area (Å²) in [6, 6.07) is 0. The smallest absolute Gasteiger partial charge is 0.187 e. The van der Waals surface area contributed by atoms with Crippen LogP contribution >= 0.6 is 0 Å². The quantitative estimate of drug-likeness (QED) is 0.193. The van der Waals surface area contributed by atoms with Crippen LogP contribution < -0.4 is 11.1 Å². The topological polar surface area (TPSA) is 185 Å². The number of carbonyl (C=O) groups excluding carboxylic acids is 2. The minimum absolute atomic E-state index is 0.00879. The second-order valence-electron chi connectivity index (χ2n) is 15.2. The Labute approximate surface area is 266 Å². The molecule has 6 aliphatic rings. The van der Waals surface area contributed by atoms with Crippen molar-refractivity contribution >= 4 is 11.6 Å². The molecule has 2 heterocycles. The first-order valence-corrected chi connectivity index (χ1v) is 18.0. The summed E-state index contributed by atoms with van der Waals surface area (Å²) in [7, 11) is 0. The third-order valence-electron chi connectivity index (χ3n) is 12.3. The first-order valence-electron chi connectivity index (χ1n) is 18.0. The van der Waals surface area contributed by atoms with Gasteiger partial charge in [-0.15, -0.1) is 0 Å². The highest BCUT2D eigenvalue weighted by atomic mass is 16.7. The van der Waals surface area contributed by atoms with Gasteiger partial charge in [0.25, 0.3) is 0 Å². The van der Waals surface area contributed by atoms with Gasteiger partial charge in [0.05, 0.1) is 31.3 Å². The second kappa shape index (κ2) is 15.0. The molecule has 0 aromatic carbocycles. The molecule has 9 unspecified atom stereocenters. The van der Waals surface area contributed by atoms with Crippen molar-refractivity contribution in [3.8, 4) is 0 Å². The van der Waals surface area contributed by atoms with Gasteiger partial charge in [-0.3, -0.25) is 15.3 Å². The molecule has 0 aromatic heterocycles. The number of quaternary nitrogens is 1. The molecule has 0 aromatic rings. The molecule has 45 heavy (non-hydrogen) atoms. The van der Waals surface area contributed by atoms with Crippen LogP contribution in [0.3, 0.4) is 0 Å². The Bertz CT molecular complexity index is 1010. The molecular weight excluding hydrogens is 580 g/mol. The summed E-state index contributed by atoms with van der Waals surface area (Å²) < 4.78 is 18.9. The minimum atomic E-state index is -1.38. The molecule has 11 heteroatoms. The summed E-state index contributed by atoms with van der Waals surface area (Å²) in [4.78, 5) is 27.8. The van der Waals surface area contributed by atoms with Crippen molar-refractivity contribution in [1.82, 2.24) is 0 Å². The Morgan fingerprint density at radius 1 is 0.800 bits per heavy atom. The van der Waals surface area contributed by atoms with Crippen LogP contribution in [0.4, 0.5) is 0 Å². The Morgan fingerprint density at radius 2 is 1.51 bits per heavy atom. The van der Waals surface area contributed by atoms with Crippen LogP contribution in [0.15, 0.2) is 0 Å². The summed E-state index contributed by atoms with van der Waals surface area (Å²) >= 11 is 0. The Balaban J connectivity index is 1.23. The van der Waals surface area contributed by atoms with Crippen LogP contribution in [0.1, 0.15) is 89.9 Å². The fourth-order valence-electron chi connectivity index (χ4n) is 9.87. The number of aliphatic hydroxyl groups excluding tert-OH is 4. The van der Waals surface area contributed by atoms with E-state index < -0.39 is 61.4 Å². The number of rotatable bonds is 9. The van der Waals surface area contributed by atoms with Gasteiger partial charge in [0.2, 0.25) is 0 Å². The summed E-state index contributed by atoms with van der Waals surface area (Å²) in [6.45, 7) is 0.732. The largest absolute Gasteiger partial charge is 0.394 e. The first kappa shape index (κ1) is 33.9. The van der Waals surface area contributed by atoms with Crippen LogP contribution in [0.5, 0.6) is 0 Å². The predicted molar refractivity (Wildman–Crippen MR) is 162 cm³/mol. The molecule has 6 fully saturated rings. The molecular formula is C34H57N2O9+. The van der Waals surface area contributed by atoms with Crippen molar-refractivity contribution in [2.45, 2.75) is 139 Å². The summed E-state index contributed by atoms with van der Waals surface area (Å²) in [5.74, 6) is -1.09. The molecule has 256 valence electrons. The molecule has 8 N–H and O–H groups in total. The van der Waals surface area contributed by atoms with Crippen molar-refractivity contribution < 1.29 is 49.5 Å². The Hall–Kier alpha value is -1.02. The maximum atomic E-state index is 13.9. The number of hydrogen-bond donors (Lipinski definition) is 6. The van der Waals surface area contributed by atoms with Crippen LogP contribution in [0, 0.1) is 41.4 Å². The van der Waals surface area contributed by atoms with Gasteiger partial charge >= 0.3 is 0 Å². The van der Waals surface area contributed by atoms with Gasteiger partial charge < -0.3 is 40.0 Å².